The predicted octanol–water partition coefficient (Wildman–Crippen LogP) is 3.12. The zero-order chi connectivity index (χ0) is 28.0. The number of hydrogen-bond donors (Lipinski definition) is 3. The molecule has 0 radical (unpaired) electrons. The predicted molar refractivity (Wildman–Crippen MR) is 135 cm³/mol. The fourth-order valence-corrected chi connectivity index (χ4v) is 6.61. The minimum atomic E-state index is -5.27. The summed E-state index contributed by atoms with van der Waals surface area (Å²) in [5.74, 6) is -4.04. The minimum Gasteiger partial charge on any atom is -0.420 e. The molecule has 0 bridgehead atoms. The second-order valence-corrected chi connectivity index (χ2v) is 11.2. The zero-order valence-electron chi connectivity index (χ0n) is 19.2. The van der Waals surface area contributed by atoms with Crippen molar-refractivity contribution in [1.82, 2.24) is 4.90 Å². The molecule has 38 heavy (non-hydrogen) atoms. The Morgan fingerprint density at radius 1 is 1.26 bits per heavy atom. The molecule has 5 N–H and O–H groups in total. The summed E-state index contributed by atoms with van der Waals surface area (Å²) in [6, 6.07) is 8.75. The molecule has 0 spiro atoms. The second kappa shape index (κ2) is 10.1. The number of carbonyl (C=O) groups is 2. The van der Waals surface area contributed by atoms with E-state index in [1.165, 1.54) is 23.1 Å². The minimum absolute atomic E-state index is 0.0120. The number of anilines is 1. The molecule has 1 fully saturated rings. The zero-order valence-corrected chi connectivity index (χ0v) is 21.5. The third-order valence-electron chi connectivity index (χ3n) is 5.71. The number of nitrogens with zero attached hydrogens (tertiary/aromatic N) is 2. The number of amides is 1. The van der Waals surface area contributed by atoms with Gasteiger partial charge in [-0.1, -0.05) is 17.7 Å². The molecule has 0 aliphatic carbocycles. The fraction of sp³-hybridized carbons (Fsp3) is 0.227. The maximum atomic E-state index is 13.4. The number of ether oxygens (including phenoxy) is 1. The van der Waals surface area contributed by atoms with E-state index in [9.17, 15) is 31.2 Å². The van der Waals surface area contributed by atoms with Crippen LogP contribution in [0.4, 0.5) is 18.2 Å². The summed E-state index contributed by atoms with van der Waals surface area (Å²) in [6.07, 6.45) is -5.25. The Bertz CT molecular complexity index is 1560. The molecule has 1 amide bonds. The van der Waals surface area contributed by atoms with Gasteiger partial charge >= 0.3 is 12.1 Å². The van der Waals surface area contributed by atoms with Crippen LogP contribution in [0.1, 0.15) is 17.5 Å². The summed E-state index contributed by atoms with van der Waals surface area (Å²) >= 11 is 7.27. The topological polar surface area (TPSA) is 160 Å². The molecular formula is C22H19ClF3N5O5S2. The largest absolute Gasteiger partial charge is 0.491 e. The van der Waals surface area contributed by atoms with Crippen LogP contribution in [0.15, 0.2) is 42.5 Å². The molecule has 0 saturated carbocycles. The van der Waals surface area contributed by atoms with Crippen molar-refractivity contribution in [3.8, 4) is 5.75 Å². The molecule has 1 aliphatic heterocycles. The first-order valence-corrected chi connectivity index (χ1v) is 13.4. The second-order valence-electron chi connectivity index (χ2n) is 8.26. The number of benzene rings is 2. The fourth-order valence-electron chi connectivity index (χ4n) is 4.01. The average Bonchev–Trinajstić information content (AvgIpc) is 3.38. The molecule has 10 nitrogen and oxygen atoms in total. The SMILES string of the molecule is N=C(N)c1ccc(OC(=O)C(F)(F)F)c(CN2CC[C@H](N(c3cc4c(Cl)cccc4s3)S(N)(=O)=O)C2=O)c1. The van der Waals surface area contributed by atoms with Gasteiger partial charge < -0.3 is 15.4 Å². The van der Waals surface area contributed by atoms with Crippen molar-refractivity contribution in [1.29, 1.82) is 5.41 Å². The van der Waals surface area contributed by atoms with E-state index in [0.29, 0.717) is 15.1 Å². The highest BCUT2D eigenvalue weighted by Crippen LogP contribution is 2.39. The van der Waals surface area contributed by atoms with Crippen LogP contribution in [-0.2, 0) is 26.3 Å². The van der Waals surface area contributed by atoms with Crippen molar-refractivity contribution in [2.75, 3.05) is 10.8 Å². The van der Waals surface area contributed by atoms with E-state index in [-0.39, 0.29) is 35.6 Å². The van der Waals surface area contributed by atoms with Crippen LogP contribution in [0.5, 0.6) is 5.75 Å². The number of amidine groups is 1. The highest BCUT2D eigenvalue weighted by Gasteiger charge is 2.43. The molecule has 1 saturated heterocycles. The van der Waals surface area contributed by atoms with Gasteiger partial charge in [0, 0.05) is 39.3 Å². The Balaban J connectivity index is 1.65. The molecular weight excluding hydrogens is 571 g/mol. The molecule has 202 valence electrons. The van der Waals surface area contributed by atoms with E-state index in [4.69, 9.17) is 27.9 Å². The lowest BCUT2D eigenvalue weighted by Crippen LogP contribution is -2.48. The van der Waals surface area contributed by atoms with Gasteiger partial charge in [0.15, 0.2) is 0 Å². The maximum Gasteiger partial charge on any atom is 0.491 e. The van der Waals surface area contributed by atoms with Crippen molar-refractivity contribution >= 4 is 65.9 Å². The first-order valence-electron chi connectivity index (χ1n) is 10.7. The van der Waals surface area contributed by atoms with E-state index in [1.807, 2.05) is 0 Å². The van der Waals surface area contributed by atoms with E-state index in [0.717, 1.165) is 21.7 Å². The summed E-state index contributed by atoms with van der Waals surface area (Å²) < 4.78 is 69.5. The summed E-state index contributed by atoms with van der Waals surface area (Å²) in [5, 5.41) is 14.2. The first kappa shape index (κ1) is 27.6. The molecule has 1 aromatic heterocycles. The van der Waals surface area contributed by atoms with Crippen molar-refractivity contribution in [2.45, 2.75) is 25.2 Å². The van der Waals surface area contributed by atoms with Gasteiger partial charge in [0.25, 0.3) is 10.2 Å². The van der Waals surface area contributed by atoms with Crippen LogP contribution in [0.2, 0.25) is 5.02 Å². The van der Waals surface area contributed by atoms with Gasteiger partial charge in [0.05, 0.1) is 0 Å². The smallest absolute Gasteiger partial charge is 0.420 e. The quantitative estimate of drug-likeness (QED) is 0.166. The number of fused-ring (bicyclic) bond motifs is 1. The van der Waals surface area contributed by atoms with Crippen LogP contribution in [0.25, 0.3) is 10.1 Å². The van der Waals surface area contributed by atoms with Gasteiger partial charge in [-0.2, -0.15) is 21.6 Å². The van der Waals surface area contributed by atoms with E-state index in [1.54, 1.807) is 18.2 Å². The van der Waals surface area contributed by atoms with Gasteiger partial charge in [-0.05, 0) is 42.8 Å². The third-order valence-corrected chi connectivity index (χ3v) is 8.25. The number of halogens is 4. The summed E-state index contributed by atoms with van der Waals surface area (Å²) in [7, 11) is -4.44. The van der Waals surface area contributed by atoms with Crippen LogP contribution in [0.3, 0.4) is 0 Å². The standard InChI is InChI=1S/C22H19ClF3N5O5S2/c23-14-2-1-3-17-13(14)9-18(37-17)31(38(29,34)35)15-6-7-30(20(15)32)10-12-8-11(19(27)28)4-5-16(12)36-21(33)22(24,25)26/h1-5,8-9,15H,6-7,10H2,(H3,27,28)(H2,29,34,35)/t15-/m0/s1. The van der Waals surface area contributed by atoms with Crippen LogP contribution in [-0.4, -0.2) is 49.8 Å². The molecule has 16 heteroatoms. The average molecular weight is 590 g/mol. The number of nitrogen functional groups attached to an aromatic ring is 1. The first-order chi connectivity index (χ1) is 17.7. The Morgan fingerprint density at radius 2 is 1.97 bits per heavy atom. The Kier molecular flexibility index (Phi) is 7.31. The third kappa shape index (κ3) is 5.55. The highest BCUT2D eigenvalue weighted by molar-refractivity contribution is 7.90. The number of likely N-dealkylation sites (tertiary alicyclic amines) is 1. The Hall–Kier alpha value is -3.40. The van der Waals surface area contributed by atoms with Crippen LogP contribution in [0, 0.1) is 5.41 Å². The van der Waals surface area contributed by atoms with Gasteiger partial charge in [-0.25, -0.2) is 14.2 Å². The van der Waals surface area contributed by atoms with Gasteiger partial charge in [0.2, 0.25) is 5.91 Å². The number of nitrogens with one attached hydrogen (secondary N) is 1. The molecule has 0 unspecified atom stereocenters. The van der Waals surface area contributed by atoms with Crippen molar-refractivity contribution < 1.29 is 35.9 Å². The number of alkyl halides is 3. The number of rotatable bonds is 7. The lowest BCUT2D eigenvalue weighted by molar-refractivity contribution is -0.189. The molecule has 2 heterocycles. The monoisotopic (exact) mass is 589 g/mol. The van der Waals surface area contributed by atoms with E-state index in [2.05, 4.69) is 4.74 Å². The molecule has 3 aromatic rings. The molecule has 1 aliphatic rings. The normalized spacial score (nSPS) is 16.2. The summed E-state index contributed by atoms with van der Waals surface area (Å²) in [5.41, 5.74) is 5.55. The molecule has 4 rings (SSSR count). The van der Waals surface area contributed by atoms with Crippen molar-refractivity contribution in [3.63, 3.8) is 0 Å². The lowest BCUT2D eigenvalue weighted by atomic mass is 10.1. The van der Waals surface area contributed by atoms with Gasteiger partial charge in [-0.3, -0.25) is 10.2 Å². The Labute approximate surface area is 223 Å². The number of carbonyl (C=O) groups excluding carboxylic acids is 2. The summed E-state index contributed by atoms with van der Waals surface area (Å²) in [6.45, 7) is -0.342. The number of nitrogens with two attached hydrogens (primary N) is 2. The van der Waals surface area contributed by atoms with Crippen molar-refractivity contribution in [3.05, 3.63) is 58.6 Å². The van der Waals surface area contributed by atoms with E-state index < -0.39 is 45.9 Å². The van der Waals surface area contributed by atoms with E-state index >= 15 is 0 Å². The number of hydrogen-bond acceptors (Lipinski definition) is 7. The number of esters is 1. The van der Waals surface area contributed by atoms with Gasteiger partial charge in [-0.15, -0.1) is 11.3 Å². The highest BCUT2D eigenvalue weighted by atomic mass is 35.5. The lowest BCUT2D eigenvalue weighted by Gasteiger charge is -2.26. The van der Waals surface area contributed by atoms with Crippen LogP contribution < -0.4 is 19.9 Å². The summed E-state index contributed by atoms with van der Waals surface area (Å²) in [4.78, 5) is 26.0. The van der Waals surface area contributed by atoms with Crippen molar-refractivity contribution in [2.24, 2.45) is 10.9 Å². The molecule has 2 aromatic carbocycles. The van der Waals surface area contributed by atoms with Gasteiger partial charge in [0.1, 0.15) is 22.6 Å². The Morgan fingerprint density at radius 3 is 2.58 bits per heavy atom. The molecule has 1 atom stereocenters. The number of thiophene rings is 1. The maximum absolute atomic E-state index is 13.4. The van der Waals surface area contributed by atoms with Crippen LogP contribution >= 0.6 is 22.9 Å².